The summed E-state index contributed by atoms with van der Waals surface area (Å²) in [6, 6.07) is 9.96. The normalized spacial score (nSPS) is 9.67. The summed E-state index contributed by atoms with van der Waals surface area (Å²) >= 11 is 5.53. The van der Waals surface area contributed by atoms with Crippen LogP contribution in [0.15, 0.2) is 30.3 Å². The fraction of sp³-hybridized carbons (Fsp3) is 0.400. The summed E-state index contributed by atoms with van der Waals surface area (Å²) in [4.78, 5) is 0. The lowest BCUT2D eigenvalue weighted by Crippen LogP contribution is -2.21. The van der Waals surface area contributed by atoms with Crippen molar-refractivity contribution >= 4 is 21.1 Å². The average molecular weight is 249 g/mol. The van der Waals surface area contributed by atoms with Gasteiger partial charge in [0, 0.05) is 27.2 Å². The third kappa shape index (κ3) is 7.53. The van der Waals surface area contributed by atoms with E-state index in [0.29, 0.717) is 5.88 Å². The molecule has 1 rings (SSSR count). The van der Waals surface area contributed by atoms with Crippen molar-refractivity contribution in [2.45, 2.75) is 5.88 Å². The molecule has 86 valence electrons. The topological polar surface area (TPSA) is 27.7 Å². The highest BCUT2D eigenvalue weighted by molar-refractivity contribution is 6.36. The van der Waals surface area contributed by atoms with E-state index < -0.39 is 9.53 Å². The van der Waals surface area contributed by atoms with Gasteiger partial charge in [-0.15, -0.1) is 11.6 Å². The molecule has 0 radical (unpaired) electrons. The number of hydrogen-bond acceptors (Lipinski definition) is 3. The highest BCUT2D eigenvalue weighted by Gasteiger charge is 2.04. The summed E-state index contributed by atoms with van der Waals surface area (Å²) in [6.45, 7) is 0. The number of alkyl halides is 1. The zero-order valence-electron chi connectivity index (χ0n) is 9.27. The molecule has 5 heteroatoms. The van der Waals surface area contributed by atoms with Crippen LogP contribution < -0.4 is 0 Å². The first-order chi connectivity index (χ1) is 7.28. The van der Waals surface area contributed by atoms with Gasteiger partial charge in [0.1, 0.15) is 0 Å². The second kappa shape index (κ2) is 10.1. The van der Waals surface area contributed by atoms with Crippen molar-refractivity contribution in [3.05, 3.63) is 35.9 Å². The van der Waals surface area contributed by atoms with Gasteiger partial charge in [0.05, 0.1) is 0 Å². The lowest BCUT2D eigenvalue weighted by molar-refractivity contribution is 0.163. The Hall–Kier alpha value is -0.393. The highest BCUT2D eigenvalue weighted by Crippen LogP contribution is 2.00. The van der Waals surface area contributed by atoms with E-state index in [1.54, 1.807) is 21.3 Å². The van der Waals surface area contributed by atoms with E-state index in [9.17, 15) is 0 Å². The van der Waals surface area contributed by atoms with Gasteiger partial charge in [-0.3, -0.25) is 0 Å². The summed E-state index contributed by atoms with van der Waals surface area (Å²) in [7, 11) is 3.05. The molecule has 0 heterocycles. The molecule has 0 spiro atoms. The van der Waals surface area contributed by atoms with Gasteiger partial charge in [0.25, 0.3) is 0 Å². The molecule has 0 N–H and O–H groups in total. The Morgan fingerprint density at radius 1 is 1.00 bits per heavy atom. The van der Waals surface area contributed by atoms with Crippen molar-refractivity contribution in [3.63, 3.8) is 0 Å². The standard InChI is InChI=1S/C7H7Cl.C3H10O3Si/c8-6-7-4-2-1-3-5-7;1-4-7(5-2)6-3/h1-5H,6H2;7H,1-3H3. The van der Waals surface area contributed by atoms with E-state index >= 15 is 0 Å². The van der Waals surface area contributed by atoms with Crippen LogP contribution in [0.3, 0.4) is 0 Å². The smallest absolute Gasteiger partial charge is 0.379 e. The summed E-state index contributed by atoms with van der Waals surface area (Å²) in [5, 5.41) is 0. The van der Waals surface area contributed by atoms with Crippen LogP contribution in [-0.2, 0) is 19.2 Å². The van der Waals surface area contributed by atoms with Gasteiger partial charge in [-0.25, -0.2) is 0 Å². The zero-order valence-corrected chi connectivity index (χ0v) is 11.2. The lowest BCUT2D eigenvalue weighted by Gasteiger charge is -2.05. The molecule has 0 fully saturated rings. The van der Waals surface area contributed by atoms with Crippen LogP contribution in [0.25, 0.3) is 0 Å². The molecule has 1 aromatic carbocycles. The van der Waals surface area contributed by atoms with Gasteiger partial charge in [-0.2, -0.15) is 0 Å². The number of benzene rings is 1. The van der Waals surface area contributed by atoms with E-state index in [0.717, 1.165) is 0 Å². The van der Waals surface area contributed by atoms with Crippen molar-refractivity contribution in [2.24, 2.45) is 0 Å². The minimum absolute atomic E-state index is 0.612. The predicted molar refractivity (Wildman–Crippen MR) is 64.2 cm³/mol. The second-order valence-electron chi connectivity index (χ2n) is 2.62. The Balaban J connectivity index is 0.000000265. The minimum Gasteiger partial charge on any atom is -0.379 e. The molecule has 0 aliphatic rings. The number of rotatable bonds is 4. The molecule has 1 aromatic rings. The van der Waals surface area contributed by atoms with Gasteiger partial charge in [-0.1, -0.05) is 30.3 Å². The van der Waals surface area contributed by atoms with Crippen LogP contribution in [0.4, 0.5) is 0 Å². The molecule has 0 aliphatic heterocycles. The van der Waals surface area contributed by atoms with Crippen molar-refractivity contribution in [1.82, 2.24) is 0 Å². The molecule has 0 atom stereocenters. The molecule has 3 nitrogen and oxygen atoms in total. The second-order valence-corrected chi connectivity index (χ2v) is 4.87. The third-order valence-corrected chi connectivity index (χ3v) is 3.04. The number of hydrogen-bond donors (Lipinski definition) is 0. The lowest BCUT2D eigenvalue weighted by atomic mass is 10.2. The van der Waals surface area contributed by atoms with Crippen molar-refractivity contribution in [2.75, 3.05) is 21.3 Å². The first-order valence-corrected chi connectivity index (χ1v) is 6.41. The molecule has 0 aliphatic carbocycles. The van der Waals surface area contributed by atoms with Crippen molar-refractivity contribution in [3.8, 4) is 0 Å². The first kappa shape index (κ1) is 14.6. The van der Waals surface area contributed by atoms with Crippen molar-refractivity contribution < 1.29 is 13.3 Å². The maximum Gasteiger partial charge on any atom is 0.483 e. The Morgan fingerprint density at radius 2 is 1.47 bits per heavy atom. The SMILES string of the molecule is CO[SiH](OC)OC.ClCc1ccccc1. The number of halogens is 1. The van der Waals surface area contributed by atoms with E-state index in [2.05, 4.69) is 0 Å². The highest BCUT2D eigenvalue weighted by atomic mass is 35.5. The monoisotopic (exact) mass is 248 g/mol. The average Bonchev–Trinajstić information content (AvgIpc) is 2.33. The van der Waals surface area contributed by atoms with Crippen molar-refractivity contribution in [1.29, 1.82) is 0 Å². The third-order valence-electron chi connectivity index (χ3n) is 1.57. The molecule has 0 saturated heterocycles. The fourth-order valence-electron chi connectivity index (χ4n) is 0.856. The molecular weight excluding hydrogens is 232 g/mol. The van der Waals surface area contributed by atoms with Gasteiger partial charge >= 0.3 is 9.53 Å². The molecule has 0 amide bonds. The Bertz CT molecular complexity index is 224. The predicted octanol–water partition coefficient (Wildman–Crippen LogP) is 2.07. The van der Waals surface area contributed by atoms with Gasteiger partial charge < -0.3 is 13.3 Å². The molecule has 0 aromatic heterocycles. The van der Waals surface area contributed by atoms with Crippen LogP contribution in [0.5, 0.6) is 0 Å². The van der Waals surface area contributed by atoms with Crippen LogP contribution in [0.1, 0.15) is 5.56 Å². The minimum atomic E-state index is -1.67. The van der Waals surface area contributed by atoms with Gasteiger partial charge in [-0.05, 0) is 5.56 Å². The molecule has 15 heavy (non-hydrogen) atoms. The molecule has 0 unspecified atom stereocenters. The fourth-order valence-corrected chi connectivity index (χ4v) is 1.61. The quantitative estimate of drug-likeness (QED) is 0.603. The van der Waals surface area contributed by atoms with E-state index in [1.165, 1.54) is 5.56 Å². The molecular formula is C10H17ClO3Si. The van der Waals surface area contributed by atoms with Crippen LogP contribution in [-0.4, -0.2) is 30.9 Å². The Kier molecular flexibility index (Phi) is 9.87. The molecule has 0 saturated carbocycles. The summed E-state index contributed by atoms with van der Waals surface area (Å²) < 4.78 is 14.2. The van der Waals surface area contributed by atoms with Gasteiger partial charge in [0.15, 0.2) is 0 Å². The summed E-state index contributed by atoms with van der Waals surface area (Å²) in [6.07, 6.45) is 0. The van der Waals surface area contributed by atoms with E-state index in [4.69, 9.17) is 24.9 Å². The molecule has 0 bridgehead atoms. The largest absolute Gasteiger partial charge is 0.483 e. The Morgan fingerprint density at radius 3 is 1.67 bits per heavy atom. The van der Waals surface area contributed by atoms with Crippen LogP contribution >= 0.6 is 11.6 Å². The summed E-state index contributed by atoms with van der Waals surface area (Å²) in [5.41, 5.74) is 1.18. The van der Waals surface area contributed by atoms with E-state index in [-0.39, 0.29) is 0 Å². The first-order valence-electron chi connectivity index (χ1n) is 4.46. The van der Waals surface area contributed by atoms with E-state index in [1.807, 2.05) is 30.3 Å². The van der Waals surface area contributed by atoms with Crippen LogP contribution in [0.2, 0.25) is 0 Å². The Labute approximate surface area is 97.9 Å². The van der Waals surface area contributed by atoms with Crippen LogP contribution in [0, 0.1) is 0 Å². The zero-order chi connectivity index (χ0) is 11.5. The maximum absolute atomic E-state index is 5.53. The van der Waals surface area contributed by atoms with Gasteiger partial charge in [0.2, 0.25) is 0 Å². The maximum atomic E-state index is 5.53. The summed E-state index contributed by atoms with van der Waals surface area (Å²) in [5.74, 6) is 0.612.